The average Bonchev–Trinajstić information content (AvgIpc) is 2.58. The highest BCUT2D eigenvalue weighted by molar-refractivity contribution is 5.93. The Morgan fingerprint density at radius 3 is 2.76 bits per heavy atom. The van der Waals surface area contributed by atoms with Crippen molar-refractivity contribution in [2.75, 3.05) is 31.6 Å². The van der Waals surface area contributed by atoms with Crippen molar-refractivity contribution >= 4 is 11.6 Å². The van der Waals surface area contributed by atoms with Crippen LogP contribution in [0.3, 0.4) is 0 Å². The second-order valence-electron chi connectivity index (χ2n) is 6.38. The van der Waals surface area contributed by atoms with E-state index in [0.717, 1.165) is 18.8 Å². The van der Waals surface area contributed by atoms with Gasteiger partial charge in [0.15, 0.2) is 5.75 Å². The van der Waals surface area contributed by atoms with E-state index in [1.165, 1.54) is 5.56 Å². The standard InChI is InChI=1S/C20H24N2O3/c1-15-7-9-17(10-8-15)25-19-6-4-3-5-18(19)21-20(23)14-22-11-12-24-16(2)13-22/h3-10,16H,11-14H2,1-2H3,(H,21,23)/t16-/m0/s1. The van der Waals surface area contributed by atoms with E-state index in [9.17, 15) is 4.79 Å². The third-order valence-corrected chi connectivity index (χ3v) is 4.10. The summed E-state index contributed by atoms with van der Waals surface area (Å²) in [5, 5.41) is 2.96. The van der Waals surface area contributed by atoms with Gasteiger partial charge in [0.25, 0.3) is 0 Å². The number of carbonyl (C=O) groups is 1. The Kier molecular flexibility index (Phi) is 5.68. The summed E-state index contributed by atoms with van der Waals surface area (Å²) in [6.07, 6.45) is 0.165. The van der Waals surface area contributed by atoms with Gasteiger partial charge in [-0.2, -0.15) is 0 Å². The van der Waals surface area contributed by atoms with Gasteiger partial charge in [-0.25, -0.2) is 0 Å². The van der Waals surface area contributed by atoms with Gasteiger partial charge in [-0.05, 0) is 38.1 Å². The van der Waals surface area contributed by atoms with Crippen LogP contribution in [0.1, 0.15) is 12.5 Å². The summed E-state index contributed by atoms with van der Waals surface area (Å²) in [5.74, 6) is 1.33. The first-order chi connectivity index (χ1) is 12.1. The highest BCUT2D eigenvalue weighted by Gasteiger charge is 2.19. The molecule has 2 aromatic carbocycles. The normalized spacial score (nSPS) is 17.9. The Morgan fingerprint density at radius 2 is 2.00 bits per heavy atom. The van der Waals surface area contributed by atoms with E-state index < -0.39 is 0 Å². The van der Waals surface area contributed by atoms with Crippen molar-refractivity contribution in [3.63, 3.8) is 0 Å². The number of ether oxygens (including phenoxy) is 2. The number of hydrogen-bond donors (Lipinski definition) is 1. The highest BCUT2D eigenvalue weighted by atomic mass is 16.5. The lowest BCUT2D eigenvalue weighted by Gasteiger charge is -2.30. The fraction of sp³-hybridized carbons (Fsp3) is 0.350. The maximum Gasteiger partial charge on any atom is 0.238 e. The molecule has 3 rings (SSSR count). The molecule has 1 heterocycles. The van der Waals surface area contributed by atoms with Crippen molar-refractivity contribution in [3.8, 4) is 11.5 Å². The van der Waals surface area contributed by atoms with Gasteiger partial charge in [0.05, 0.1) is 24.9 Å². The number of benzene rings is 2. The van der Waals surface area contributed by atoms with Crippen molar-refractivity contribution in [1.82, 2.24) is 4.90 Å². The van der Waals surface area contributed by atoms with E-state index in [2.05, 4.69) is 10.2 Å². The van der Waals surface area contributed by atoms with Gasteiger partial charge < -0.3 is 14.8 Å². The molecular formula is C20H24N2O3. The summed E-state index contributed by atoms with van der Waals surface area (Å²) < 4.78 is 11.4. The number of anilines is 1. The molecular weight excluding hydrogens is 316 g/mol. The smallest absolute Gasteiger partial charge is 0.238 e. The molecule has 132 valence electrons. The lowest BCUT2D eigenvalue weighted by molar-refractivity contribution is -0.119. The minimum atomic E-state index is -0.0472. The number of aryl methyl sites for hydroxylation is 1. The van der Waals surface area contributed by atoms with Gasteiger partial charge in [-0.3, -0.25) is 9.69 Å². The Morgan fingerprint density at radius 1 is 1.24 bits per heavy atom. The molecule has 0 spiro atoms. The molecule has 5 heteroatoms. The third kappa shape index (κ3) is 5.05. The Balaban J connectivity index is 1.64. The van der Waals surface area contributed by atoms with Gasteiger partial charge in [0.2, 0.25) is 5.91 Å². The first-order valence-electron chi connectivity index (χ1n) is 8.57. The van der Waals surface area contributed by atoms with Gasteiger partial charge in [-0.15, -0.1) is 0 Å². The molecule has 1 aliphatic heterocycles. The molecule has 0 aliphatic carbocycles. The Hall–Kier alpha value is -2.37. The molecule has 1 atom stereocenters. The lowest BCUT2D eigenvalue weighted by Crippen LogP contribution is -2.44. The molecule has 2 aromatic rings. The predicted octanol–water partition coefficient (Wildman–Crippen LogP) is 3.45. The lowest BCUT2D eigenvalue weighted by atomic mass is 10.2. The van der Waals surface area contributed by atoms with Crippen LogP contribution in [0, 0.1) is 6.92 Å². The molecule has 0 saturated carbocycles. The second kappa shape index (κ2) is 8.14. The largest absolute Gasteiger partial charge is 0.455 e. The fourth-order valence-electron chi connectivity index (χ4n) is 2.82. The zero-order valence-electron chi connectivity index (χ0n) is 14.7. The number of nitrogens with one attached hydrogen (secondary N) is 1. The summed E-state index contributed by atoms with van der Waals surface area (Å²) in [6.45, 7) is 6.63. The summed E-state index contributed by atoms with van der Waals surface area (Å²) in [5.41, 5.74) is 1.85. The van der Waals surface area contributed by atoms with Gasteiger partial charge >= 0.3 is 0 Å². The van der Waals surface area contributed by atoms with Gasteiger partial charge in [-0.1, -0.05) is 29.8 Å². The number of para-hydroxylation sites is 2. The van der Waals surface area contributed by atoms with Crippen molar-refractivity contribution in [2.24, 2.45) is 0 Å². The van der Waals surface area contributed by atoms with Crippen LogP contribution in [-0.2, 0) is 9.53 Å². The average molecular weight is 340 g/mol. The van der Waals surface area contributed by atoms with E-state index in [1.807, 2.05) is 62.4 Å². The Labute approximate surface area is 148 Å². The highest BCUT2D eigenvalue weighted by Crippen LogP contribution is 2.29. The quantitative estimate of drug-likeness (QED) is 0.906. The van der Waals surface area contributed by atoms with Crippen LogP contribution in [0.4, 0.5) is 5.69 Å². The minimum Gasteiger partial charge on any atom is -0.455 e. The summed E-state index contributed by atoms with van der Waals surface area (Å²) in [7, 11) is 0. The third-order valence-electron chi connectivity index (χ3n) is 4.10. The van der Waals surface area contributed by atoms with Crippen LogP contribution in [0.5, 0.6) is 11.5 Å². The number of hydrogen-bond acceptors (Lipinski definition) is 4. The number of rotatable bonds is 5. The zero-order valence-corrected chi connectivity index (χ0v) is 14.7. The van der Waals surface area contributed by atoms with Crippen molar-refractivity contribution in [2.45, 2.75) is 20.0 Å². The van der Waals surface area contributed by atoms with Crippen LogP contribution in [0.15, 0.2) is 48.5 Å². The molecule has 5 nitrogen and oxygen atoms in total. The topological polar surface area (TPSA) is 50.8 Å². The summed E-state index contributed by atoms with van der Waals surface area (Å²) >= 11 is 0. The molecule has 25 heavy (non-hydrogen) atoms. The summed E-state index contributed by atoms with van der Waals surface area (Å²) in [4.78, 5) is 14.5. The summed E-state index contributed by atoms with van der Waals surface area (Å²) in [6, 6.07) is 15.3. The predicted molar refractivity (Wildman–Crippen MR) is 98.2 cm³/mol. The number of amides is 1. The van der Waals surface area contributed by atoms with Crippen LogP contribution >= 0.6 is 0 Å². The first kappa shape index (κ1) is 17.5. The monoisotopic (exact) mass is 340 g/mol. The van der Waals surface area contributed by atoms with E-state index in [-0.39, 0.29) is 12.0 Å². The molecule has 0 bridgehead atoms. The van der Waals surface area contributed by atoms with E-state index in [1.54, 1.807) is 0 Å². The van der Waals surface area contributed by atoms with Crippen molar-refractivity contribution in [3.05, 3.63) is 54.1 Å². The first-order valence-corrected chi connectivity index (χ1v) is 8.57. The van der Waals surface area contributed by atoms with Crippen LogP contribution in [0.2, 0.25) is 0 Å². The number of morpholine rings is 1. The molecule has 0 radical (unpaired) electrons. The van der Waals surface area contributed by atoms with Crippen molar-refractivity contribution in [1.29, 1.82) is 0 Å². The van der Waals surface area contributed by atoms with Crippen molar-refractivity contribution < 1.29 is 14.3 Å². The molecule has 1 N–H and O–H groups in total. The maximum absolute atomic E-state index is 12.4. The van der Waals surface area contributed by atoms with Crippen LogP contribution in [-0.4, -0.2) is 43.2 Å². The zero-order chi connectivity index (χ0) is 17.6. The fourth-order valence-corrected chi connectivity index (χ4v) is 2.82. The minimum absolute atomic E-state index is 0.0472. The van der Waals surface area contributed by atoms with Crippen LogP contribution in [0.25, 0.3) is 0 Å². The molecule has 0 unspecified atom stereocenters. The number of nitrogens with zero attached hydrogens (tertiary/aromatic N) is 1. The van der Waals surface area contributed by atoms with Gasteiger partial charge in [0, 0.05) is 13.1 Å². The van der Waals surface area contributed by atoms with E-state index >= 15 is 0 Å². The van der Waals surface area contributed by atoms with Crippen LogP contribution < -0.4 is 10.1 Å². The molecule has 0 aromatic heterocycles. The maximum atomic E-state index is 12.4. The molecule has 1 saturated heterocycles. The van der Waals surface area contributed by atoms with E-state index in [0.29, 0.717) is 24.6 Å². The molecule has 1 fully saturated rings. The number of carbonyl (C=O) groups excluding carboxylic acids is 1. The SMILES string of the molecule is Cc1ccc(Oc2ccccc2NC(=O)CN2CCO[C@@H](C)C2)cc1. The van der Waals surface area contributed by atoms with E-state index in [4.69, 9.17) is 9.47 Å². The molecule has 1 amide bonds. The van der Waals surface area contributed by atoms with Gasteiger partial charge in [0.1, 0.15) is 5.75 Å². The Bertz CT molecular complexity index is 715. The molecule has 1 aliphatic rings. The second-order valence-corrected chi connectivity index (χ2v) is 6.38.